The average Bonchev–Trinajstić information content (AvgIpc) is 2.70. The summed E-state index contributed by atoms with van der Waals surface area (Å²) in [5, 5.41) is 3.19. The number of para-hydroxylation sites is 1. The van der Waals surface area contributed by atoms with Crippen LogP contribution < -0.4 is 21.5 Å². The van der Waals surface area contributed by atoms with Crippen molar-refractivity contribution in [1.29, 1.82) is 0 Å². The molecule has 1 atom stereocenters. The number of halogens is 2. The summed E-state index contributed by atoms with van der Waals surface area (Å²) in [6.07, 6.45) is 0.430. The first-order valence-corrected chi connectivity index (χ1v) is 9.08. The van der Waals surface area contributed by atoms with Crippen molar-refractivity contribution in [2.75, 3.05) is 10.2 Å². The van der Waals surface area contributed by atoms with Crippen LogP contribution in [0.5, 0.6) is 0 Å². The Hall–Kier alpha value is -3.39. The van der Waals surface area contributed by atoms with E-state index >= 15 is 0 Å². The molecule has 0 bridgehead atoms. The van der Waals surface area contributed by atoms with Crippen LogP contribution in [-0.2, 0) is 14.1 Å². The topological polar surface area (TPSA) is 76.3 Å². The molecule has 0 fully saturated rings. The first kappa shape index (κ1) is 18.9. The summed E-state index contributed by atoms with van der Waals surface area (Å²) >= 11 is 6.24. The van der Waals surface area contributed by atoms with Gasteiger partial charge in [-0.25, -0.2) is 9.18 Å². The van der Waals surface area contributed by atoms with E-state index < -0.39 is 29.1 Å². The zero-order valence-electron chi connectivity index (χ0n) is 15.5. The number of hydrogen-bond donors (Lipinski definition) is 1. The molecule has 1 unspecified atom stereocenters. The van der Waals surface area contributed by atoms with Gasteiger partial charge in [0.15, 0.2) is 0 Å². The molecular formula is C20H16ClFN4O3. The standard InChI is InChI=1S/C20H16ClFN4O3/c1-24-10-13(18(27)25(2)20(24)29)17-23-15-6-4-3-5-12(15)19(28)26(17)16-8-7-11(22)9-14(16)21/h3-10,17,23H,1-2H3. The predicted octanol–water partition coefficient (Wildman–Crippen LogP) is 2.65. The number of carbonyl (C=O) groups excluding carboxylic acids is 1. The molecule has 148 valence electrons. The van der Waals surface area contributed by atoms with Gasteiger partial charge < -0.3 is 9.88 Å². The van der Waals surface area contributed by atoms with Crippen molar-refractivity contribution in [3.8, 4) is 0 Å². The Balaban J connectivity index is 1.99. The number of nitrogens with zero attached hydrogens (tertiary/aromatic N) is 3. The molecule has 0 saturated heterocycles. The molecule has 0 saturated carbocycles. The highest BCUT2D eigenvalue weighted by Crippen LogP contribution is 2.38. The largest absolute Gasteiger partial charge is 0.360 e. The number of nitrogens with one attached hydrogen (secondary N) is 1. The van der Waals surface area contributed by atoms with E-state index in [0.717, 1.165) is 10.6 Å². The highest BCUT2D eigenvalue weighted by molar-refractivity contribution is 6.34. The Morgan fingerprint density at radius 1 is 1.07 bits per heavy atom. The lowest BCUT2D eigenvalue weighted by Crippen LogP contribution is -2.48. The van der Waals surface area contributed by atoms with Crippen molar-refractivity contribution in [3.63, 3.8) is 0 Å². The monoisotopic (exact) mass is 414 g/mol. The van der Waals surface area contributed by atoms with Gasteiger partial charge in [0.05, 0.1) is 21.8 Å². The van der Waals surface area contributed by atoms with Crippen molar-refractivity contribution in [3.05, 3.63) is 91.5 Å². The number of fused-ring (bicyclic) bond motifs is 1. The number of rotatable bonds is 2. The molecule has 0 aliphatic carbocycles. The van der Waals surface area contributed by atoms with Crippen LogP contribution in [-0.4, -0.2) is 15.0 Å². The normalized spacial score (nSPS) is 15.8. The molecular weight excluding hydrogens is 399 g/mol. The second-order valence-electron chi connectivity index (χ2n) is 6.71. The van der Waals surface area contributed by atoms with Crippen LogP contribution in [0.25, 0.3) is 0 Å². The molecule has 3 aromatic rings. The fraction of sp³-hybridized carbons (Fsp3) is 0.150. The fourth-order valence-corrected chi connectivity index (χ4v) is 3.68. The summed E-state index contributed by atoms with van der Waals surface area (Å²) in [4.78, 5) is 39.6. The van der Waals surface area contributed by atoms with E-state index in [2.05, 4.69) is 5.32 Å². The molecule has 2 heterocycles. The van der Waals surface area contributed by atoms with Gasteiger partial charge in [-0.1, -0.05) is 23.7 Å². The van der Waals surface area contributed by atoms with Crippen molar-refractivity contribution in [1.82, 2.24) is 9.13 Å². The maximum absolute atomic E-state index is 13.6. The number of anilines is 2. The van der Waals surface area contributed by atoms with Crippen molar-refractivity contribution < 1.29 is 9.18 Å². The number of carbonyl (C=O) groups is 1. The third kappa shape index (κ3) is 3.01. The number of benzene rings is 2. The Bertz CT molecular complexity index is 1270. The molecule has 1 amide bonds. The highest BCUT2D eigenvalue weighted by atomic mass is 35.5. The van der Waals surface area contributed by atoms with Gasteiger partial charge in [-0.05, 0) is 30.3 Å². The molecule has 1 N–H and O–H groups in total. The lowest BCUT2D eigenvalue weighted by atomic mass is 10.0. The van der Waals surface area contributed by atoms with E-state index in [9.17, 15) is 18.8 Å². The van der Waals surface area contributed by atoms with Crippen LogP contribution in [0.4, 0.5) is 15.8 Å². The summed E-state index contributed by atoms with van der Waals surface area (Å²) in [5.74, 6) is -0.958. The molecule has 9 heteroatoms. The van der Waals surface area contributed by atoms with Crippen molar-refractivity contribution in [2.24, 2.45) is 14.1 Å². The molecule has 0 radical (unpaired) electrons. The average molecular weight is 415 g/mol. The van der Waals surface area contributed by atoms with Gasteiger partial charge in [0, 0.05) is 26.0 Å². The Kier molecular flexibility index (Phi) is 4.50. The third-order valence-corrected chi connectivity index (χ3v) is 5.17. The zero-order valence-corrected chi connectivity index (χ0v) is 16.3. The highest BCUT2D eigenvalue weighted by Gasteiger charge is 2.37. The SMILES string of the molecule is Cn1cc(C2Nc3ccccc3C(=O)N2c2ccc(F)cc2Cl)c(=O)n(C)c1=O. The minimum absolute atomic E-state index is 0.0196. The van der Waals surface area contributed by atoms with Gasteiger partial charge in [0.25, 0.3) is 11.5 Å². The summed E-state index contributed by atoms with van der Waals surface area (Å²) in [6.45, 7) is 0. The van der Waals surface area contributed by atoms with Crippen LogP contribution >= 0.6 is 11.6 Å². The fourth-order valence-electron chi connectivity index (χ4n) is 3.42. The first-order valence-electron chi connectivity index (χ1n) is 8.70. The minimum Gasteiger partial charge on any atom is -0.360 e. The van der Waals surface area contributed by atoms with Gasteiger partial charge >= 0.3 is 5.69 Å². The van der Waals surface area contributed by atoms with Gasteiger partial charge in [0.1, 0.15) is 12.0 Å². The first-order chi connectivity index (χ1) is 13.8. The molecule has 4 rings (SSSR count). The molecule has 1 aromatic heterocycles. The van der Waals surface area contributed by atoms with E-state index in [1.807, 2.05) is 0 Å². The number of hydrogen-bond acceptors (Lipinski definition) is 4. The maximum atomic E-state index is 13.6. The third-order valence-electron chi connectivity index (χ3n) is 4.86. The predicted molar refractivity (Wildman–Crippen MR) is 108 cm³/mol. The van der Waals surface area contributed by atoms with Gasteiger partial charge in [0.2, 0.25) is 0 Å². The summed E-state index contributed by atoms with van der Waals surface area (Å²) in [5.41, 5.74) is 0.270. The van der Waals surface area contributed by atoms with Gasteiger partial charge in [-0.2, -0.15) is 0 Å². The number of aryl methyl sites for hydroxylation is 1. The number of amides is 1. The van der Waals surface area contributed by atoms with E-state index in [0.29, 0.717) is 11.3 Å². The van der Waals surface area contributed by atoms with Crippen LogP contribution in [0.3, 0.4) is 0 Å². The Morgan fingerprint density at radius 2 is 1.79 bits per heavy atom. The smallest absolute Gasteiger partial charge is 0.330 e. The van der Waals surface area contributed by atoms with Crippen LogP contribution in [0.1, 0.15) is 22.1 Å². The lowest BCUT2D eigenvalue weighted by molar-refractivity contribution is 0.0974. The molecule has 1 aliphatic heterocycles. The quantitative estimate of drug-likeness (QED) is 0.699. The second kappa shape index (κ2) is 6.89. The van der Waals surface area contributed by atoms with Gasteiger partial charge in [-0.3, -0.25) is 19.1 Å². The Labute approximate surface area is 169 Å². The van der Waals surface area contributed by atoms with Crippen molar-refractivity contribution >= 4 is 28.9 Å². The van der Waals surface area contributed by atoms with E-state index in [4.69, 9.17) is 11.6 Å². The van der Waals surface area contributed by atoms with E-state index in [1.54, 1.807) is 24.3 Å². The molecule has 7 nitrogen and oxygen atoms in total. The summed E-state index contributed by atoms with van der Waals surface area (Å²) < 4.78 is 15.8. The Morgan fingerprint density at radius 3 is 2.52 bits per heavy atom. The van der Waals surface area contributed by atoms with E-state index in [-0.39, 0.29) is 16.3 Å². The molecule has 1 aliphatic rings. The van der Waals surface area contributed by atoms with Crippen LogP contribution in [0, 0.1) is 5.82 Å². The lowest BCUT2D eigenvalue weighted by Gasteiger charge is -2.38. The number of aromatic nitrogens is 2. The van der Waals surface area contributed by atoms with Crippen LogP contribution in [0.15, 0.2) is 58.3 Å². The summed E-state index contributed by atoms with van der Waals surface area (Å²) in [7, 11) is 2.88. The van der Waals surface area contributed by atoms with Gasteiger partial charge in [-0.15, -0.1) is 0 Å². The summed E-state index contributed by atoms with van der Waals surface area (Å²) in [6, 6.07) is 10.5. The molecule has 2 aromatic carbocycles. The minimum atomic E-state index is -0.953. The molecule has 0 spiro atoms. The zero-order chi connectivity index (χ0) is 20.9. The van der Waals surface area contributed by atoms with Crippen LogP contribution in [0.2, 0.25) is 5.02 Å². The van der Waals surface area contributed by atoms with Crippen molar-refractivity contribution in [2.45, 2.75) is 6.17 Å². The molecule has 29 heavy (non-hydrogen) atoms. The second-order valence-corrected chi connectivity index (χ2v) is 7.11. The maximum Gasteiger partial charge on any atom is 0.330 e. The van der Waals surface area contributed by atoms with E-state index in [1.165, 1.54) is 41.9 Å².